The first kappa shape index (κ1) is 14.0. The monoisotopic (exact) mass is 381 g/mol. The van der Waals surface area contributed by atoms with Crippen LogP contribution < -0.4 is 0 Å². The molecule has 0 spiro atoms. The summed E-state index contributed by atoms with van der Waals surface area (Å²) in [6.07, 6.45) is 7.15. The van der Waals surface area contributed by atoms with Crippen LogP contribution in [0.3, 0.4) is 0 Å². The van der Waals surface area contributed by atoms with Crippen LogP contribution in [-0.2, 0) is 21.1 Å². The molecule has 0 bridgehead atoms. The van der Waals surface area contributed by atoms with Crippen molar-refractivity contribution in [3.05, 3.63) is 60.2 Å². The zero-order valence-electron chi connectivity index (χ0n) is 8.83. The molecule has 2 aromatic heterocycles. The van der Waals surface area contributed by atoms with Crippen molar-refractivity contribution in [2.75, 3.05) is 0 Å². The largest absolute Gasteiger partial charge is 0.265 e. The van der Waals surface area contributed by atoms with Crippen molar-refractivity contribution in [1.29, 1.82) is 0 Å². The number of pyridine rings is 2. The number of hydrogen-bond acceptors (Lipinski definition) is 2. The van der Waals surface area contributed by atoms with E-state index < -0.39 is 0 Å². The second-order valence-electron chi connectivity index (χ2n) is 3.05. The second-order valence-corrected chi connectivity index (χ2v) is 3.05. The minimum Gasteiger partial charge on any atom is -0.265 e. The van der Waals surface area contributed by atoms with Gasteiger partial charge < -0.3 is 0 Å². The Morgan fingerprint density at radius 3 is 1.07 bits per heavy atom. The first-order valence-electron chi connectivity index (χ1n) is 4.52. The van der Waals surface area contributed by atoms with E-state index in [1.54, 1.807) is 24.8 Å². The van der Waals surface area contributed by atoms with Gasteiger partial charge in [0.2, 0.25) is 0 Å². The van der Waals surface area contributed by atoms with Crippen molar-refractivity contribution < 1.29 is 21.1 Å². The summed E-state index contributed by atoms with van der Waals surface area (Å²) in [4.78, 5) is 7.69. The fourth-order valence-electron chi connectivity index (χ4n) is 0.853. The maximum atomic E-state index is 3.85. The van der Waals surface area contributed by atoms with Gasteiger partial charge >= 0.3 is 0 Å². The van der Waals surface area contributed by atoms with Gasteiger partial charge in [0.05, 0.1) is 0 Å². The quantitative estimate of drug-likeness (QED) is 0.702. The van der Waals surface area contributed by atoms with Crippen molar-refractivity contribution in [3.8, 4) is 0 Å². The van der Waals surface area contributed by atoms with Crippen LogP contribution in [0.2, 0.25) is 0 Å². The molecular weight excluding hydrogens is 367 g/mol. The van der Waals surface area contributed by atoms with E-state index >= 15 is 0 Å². The molecule has 0 aliphatic rings. The fourth-order valence-corrected chi connectivity index (χ4v) is 0.853. The Kier molecular flexibility index (Phi) is 7.75. The maximum Gasteiger partial charge on any atom is 0.0270 e. The van der Waals surface area contributed by atoms with Gasteiger partial charge in [0.25, 0.3) is 0 Å². The van der Waals surface area contributed by atoms with E-state index in [0.29, 0.717) is 0 Å². The standard InChI is InChI=1S/2C6H7N.Pt/c2*1-6-2-4-7-5-3-6;/h2*2-5H,1H3;. The zero-order chi connectivity index (χ0) is 10.2. The minimum atomic E-state index is 0. The molecule has 2 aromatic rings. The topological polar surface area (TPSA) is 25.8 Å². The first-order valence-corrected chi connectivity index (χ1v) is 4.52. The van der Waals surface area contributed by atoms with Crippen LogP contribution in [-0.4, -0.2) is 9.97 Å². The van der Waals surface area contributed by atoms with Gasteiger partial charge in [-0.3, -0.25) is 9.97 Å². The third-order valence-corrected chi connectivity index (χ3v) is 1.69. The van der Waals surface area contributed by atoms with Gasteiger partial charge in [0.15, 0.2) is 0 Å². The van der Waals surface area contributed by atoms with E-state index in [-0.39, 0.29) is 21.1 Å². The second kappa shape index (κ2) is 8.31. The van der Waals surface area contributed by atoms with Crippen molar-refractivity contribution in [1.82, 2.24) is 9.97 Å². The Labute approximate surface area is 105 Å². The van der Waals surface area contributed by atoms with Gasteiger partial charge in [0, 0.05) is 45.9 Å². The van der Waals surface area contributed by atoms with Crippen LogP contribution in [0.5, 0.6) is 0 Å². The molecule has 0 saturated carbocycles. The molecular formula is C12H14N2Pt. The Hall–Kier alpha value is -1.01. The van der Waals surface area contributed by atoms with Gasteiger partial charge in [-0.25, -0.2) is 0 Å². The van der Waals surface area contributed by atoms with Gasteiger partial charge in [0.1, 0.15) is 0 Å². The molecule has 0 aliphatic carbocycles. The van der Waals surface area contributed by atoms with Crippen LogP contribution >= 0.6 is 0 Å². The summed E-state index contributed by atoms with van der Waals surface area (Å²) >= 11 is 0. The van der Waals surface area contributed by atoms with E-state index in [2.05, 4.69) is 9.97 Å². The predicted octanol–water partition coefficient (Wildman–Crippen LogP) is 2.78. The Morgan fingerprint density at radius 1 is 0.667 bits per heavy atom. The Balaban J connectivity index is 0.000000245. The van der Waals surface area contributed by atoms with Crippen LogP contribution in [0.25, 0.3) is 0 Å². The average molecular weight is 381 g/mol. The number of rotatable bonds is 0. The Morgan fingerprint density at radius 2 is 0.933 bits per heavy atom. The molecule has 2 heterocycles. The third-order valence-electron chi connectivity index (χ3n) is 1.69. The molecule has 0 saturated heterocycles. The molecule has 0 amide bonds. The summed E-state index contributed by atoms with van der Waals surface area (Å²) in [7, 11) is 0. The minimum absolute atomic E-state index is 0. The van der Waals surface area contributed by atoms with E-state index in [4.69, 9.17) is 0 Å². The molecule has 0 aromatic carbocycles. The summed E-state index contributed by atoms with van der Waals surface area (Å²) < 4.78 is 0. The first-order chi connectivity index (χ1) is 6.79. The molecule has 2 nitrogen and oxygen atoms in total. The van der Waals surface area contributed by atoms with Crippen LogP contribution in [0.15, 0.2) is 49.1 Å². The van der Waals surface area contributed by atoms with Gasteiger partial charge in [-0.1, -0.05) is 0 Å². The van der Waals surface area contributed by atoms with Crippen molar-refractivity contribution >= 4 is 0 Å². The van der Waals surface area contributed by atoms with E-state index in [1.807, 2.05) is 38.1 Å². The van der Waals surface area contributed by atoms with Crippen molar-refractivity contribution in [2.45, 2.75) is 13.8 Å². The average Bonchev–Trinajstić information content (AvgIpc) is 2.21. The summed E-state index contributed by atoms with van der Waals surface area (Å²) in [6, 6.07) is 7.89. The number of aryl methyl sites for hydroxylation is 2. The molecule has 0 N–H and O–H groups in total. The predicted molar refractivity (Wildman–Crippen MR) is 57.9 cm³/mol. The number of aromatic nitrogens is 2. The van der Waals surface area contributed by atoms with Crippen LogP contribution in [0, 0.1) is 13.8 Å². The molecule has 0 atom stereocenters. The molecule has 15 heavy (non-hydrogen) atoms. The summed E-state index contributed by atoms with van der Waals surface area (Å²) in [5.74, 6) is 0. The fraction of sp³-hybridized carbons (Fsp3) is 0.167. The number of hydrogen-bond donors (Lipinski definition) is 0. The molecule has 0 fully saturated rings. The molecule has 2 rings (SSSR count). The summed E-state index contributed by atoms with van der Waals surface area (Å²) in [5.41, 5.74) is 2.52. The SMILES string of the molecule is Cc1ccncc1.Cc1ccncc1.[Pt]. The van der Waals surface area contributed by atoms with E-state index in [0.717, 1.165) is 0 Å². The van der Waals surface area contributed by atoms with E-state index in [9.17, 15) is 0 Å². The smallest absolute Gasteiger partial charge is 0.0270 e. The summed E-state index contributed by atoms with van der Waals surface area (Å²) in [5, 5.41) is 0. The Bertz CT molecular complexity index is 311. The van der Waals surface area contributed by atoms with E-state index in [1.165, 1.54) is 11.1 Å². The molecule has 0 radical (unpaired) electrons. The van der Waals surface area contributed by atoms with Crippen LogP contribution in [0.1, 0.15) is 11.1 Å². The molecule has 0 unspecified atom stereocenters. The molecule has 82 valence electrons. The molecule has 0 aliphatic heterocycles. The van der Waals surface area contributed by atoms with Gasteiger partial charge in [-0.15, -0.1) is 0 Å². The number of nitrogens with zero attached hydrogens (tertiary/aromatic N) is 2. The zero-order valence-corrected chi connectivity index (χ0v) is 11.1. The molecule has 3 heteroatoms. The van der Waals surface area contributed by atoms with Crippen molar-refractivity contribution in [2.24, 2.45) is 0 Å². The summed E-state index contributed by atoms with van der Waals surface area (Å²) in [6.45, 7) is 4.09. The van der Waals surface area contributed by atoms with Gasteiger partial charge in [-0.05, 0) is 49.2 Å². The van der Waals surface area contributed by atoms with Crippen molar-refractivity contribution in [3.63, 3.8) is 0 Å². The van der Waals surface area contributed by atoms with Gasteiger partial charge in [-0.2, -0.15) is 0 Å². The maximum absolute atomic E-state index is 3.85. The third kappa shape index (κ3) is 6.98. The van der Waals surface area contributed by atoms with Crippen LogP contribution in [0.4, 0.5) is 0 Å². The normalized spacial score (nSPS) is 8.13.